The van der Waals surface area contributed by atoms with Gasteiger partial charge in [0.15, 0.2) is 4.96 Å². The summed E-state index contributed by atoms with van der Waals surface area (Å²) in [5.41, 5.74) is 3.45. The van der Waals surface area contributed by atoms with Gasteiger partial charge in [-0.1, -0.05) is 28.1 Å². The van der Waals surface area contributed by atoms with Crippen LogP contribution in [0.1, 0.15) is 16.1 Å². The van der Waals surface area contributed by atoms with E-state index >= 15 is 0 Å². The van der Waals surface area contributed by atoms with Gasteiger partial charge in [0.25, 0.3) is 5.91 Å². The van der Waals surface area contributed by atoms with E-state index in [1.165, 1.54) is 4.90 Å². The van der Waals surface area contributed by atoms with Crippen LogP contribution in [-0.4, -0.2) is 46.8 Å². The minimum atomic E-state index is -0.246. The van der Waals surface area contributed by atoms with E-state index in [0.29, 0.717) is 17.9 Å². The lowest BCUT2D eigenvalue weighted by Crippen LogP contribution is -2.38. The Bertz CT molecular complexity index is 1250. The van der Waals surface area contributed by atoms with E-state index in [1.54, 1.807) is 56.0 Å². The lowest BCUT2D eigenvalue weighted by molar-refractivity contribution is -0.121. The molecule has 4 rings (SSSR count). The zero-order valence-electron chi connectivity index (χ0n) is 17.5. The van der Waals surface area contributed by atoms with Gasteiger partial charge >= 0.3 is 0 Å². The molecule has 0 aliphatic rings. The predicted octanol–water partition coefficient (Wildman–Crippen LogP) is 4.22. The Morgan fingerprint density at radius 1 is 1.16 bits per heavy atom. The topological polar surface area (TPSA) is 75.9 Å². The van der Waals surface area contributed by atoms with Crippen molar-refractivity contribution in [1.82, 2.24) is 19.6 Å². The first-order valence-electron chi connectivity index (χ1n) is 9.82. The van der Waals surface area contributed by atoms with Crippen molar-refractivity contribution in [3.05, 3.63) is 75.8 Å². The lowest BCUT2D eigenvalue weighted by atomic mass is 10.2. The first-order valence-corrected chi connectivity index (χ1v) is 11.5. The van der Waals surface area contributed by atoms with Crippen molar-refractivity contribution in [2.24, 2.45) is 0 Å². The molecule has 2 aromatic heterocycles. The molecule has 2 amide bonds. The zero-order chi connectivity index (χ0) is 22.7. The van der Waals surface area contributed by atoms with E-state index in [0.717, 1.165) is 26.4 Å². The van der Waals surface area contributed by atoms with Gasteiger partial charge in [-0.15, -0.1) is 11.3 Å². The van der Waals surface area contributed by atoms with E-state index in [9.17, 15) is 9.59 Å². The summed E-state index contributed by atoms with van der Waals surface area (Å²) >= 11 is 5.01. The molecule has 7 nitrogen and oxygen atoms in total. The van der Waals surface area contributed by atoms with Crippen LogP contribution in [-0.2, 0) is 11.3 Å². The molecule has 164 valence electrons. The third-order valence-corrected chi connectivity index (χ3v) is 6.36. The minimum Gasteiger partial charge on any atom is -0.497 e. The van der Waals surface area contributed by atoms with Gasteiger partial charge in [0.05, 0.1) is 37.8 Å². The molecule has 1 N–H and O–H groups in total. The summed E-state index contributed by atoms with van der Waals surface area (Å²) in [5, 5.41) is 4.95. The highest BCUT2D eigenvalue weighted by Crippen LogP contribution is 2.28. The maximum atomic E-state index is 12.6. The SMILES string of the molecule is COc1ccc(C(=O)N(C)CC(=O)NCc2cnc3scc(-c4ccc(Br)cc4)n23)cc1. The first kappa shape index (κ1) is 22.0. The minimum absolute atomic E-state index is 0.0456. The Labute approximate surface area is 197 Å². The number of hydrogen-bond acceptors (Lipinski definition) is 5. The molecular weight excluding hydrogens is 492 g/mol. The molecule has 4 aromatic rings. The summed E-state index contributed by atoms with van der Waals surface area (Å²) in [6.45, 7) is 0.265. The molecule has 0 radical (unpaired) electrons. The number of hydrogen-bond donors (Lipinski definition) is 1. The predicted molar refractivity (Wildman–Crippen MR) is 128 cm³/mol. The maximum absolute atomic E-state index is 12.6. The number of fused-ring (bicyclic) bond motifs is 1. The summed E-state index contributed by atoms with van der Waals surface area (Å²) in [7, 11) is 3.17. The Morgan fingerprint density at radius 2 is 1.88 bits per heavy atom. The number of nitrogens with zero attached hydrogens (tertiary/aromatic N) is 3. The number of benzene rings is 2. The molecule has 9 heteroatoms. The molecule has 0 saturated heterocycles. The van der Waals surface area contributed by atoms with Gasteiger partial charge in [-0.05, 0) is 42.0 Å². The van der Waals surface area contributed by atoms with Gasteiger partial charge in [0.2, 0.25) is 5.91 Å². The van der Waals surface area contributed by atoms with Crippen LogP contribution in [0.3, 0.4) is 0 Å². The number of carbonyl (C=O) groups is 2. The number of halogens is 1. The highest BCUT2D eigenvalue weighted by atomic mass is 79.9. The third kappa shape index (κ3) is 4.68. The fourth-order valence-electron chi connectivity index (χ4n) is 3.30. The van der Waals surface area contributed by atoms with Crippen molar-refractivity contribution in [2.45, 2.75) is 6.54 Å². The number of nitrogens with one attached hydrogen (secondary N) is 1. The largest absolute Gasteiger partial charge is 0.497 e. The molecule has 2 heterocycles. The number of methoxy groups -OCH3 is 1. The Morgan fingerprint density at radius 3 is 2.56 bits per heavy atom. The number of carbonyl (C=O) groups excluding carboxylic acids is 2. The average molecular weight is 513 g/mol. The number of imidazole rings is 1. The quantitative estimate of drug-likeness (QED) is 0.402. The summed E-state index contributed by atoms with van der Waals surface area (Å²) in [5.74, 6) is 0.194. The number of rotatable bonds is 7. The summed E-state index contributed by atoms with van der Waals surface area (Å²) in [4.78, 5) is 31.8. The molecule has 32 heavy (non-hydrogen) atoms. The van der Waals surface area contributed by atoms with Crippen LogP contribution >= 0.6 is 27.3 Å². The Balaban J connectivity index is 1.41. The van der Waals surface area contributed by atoms with Gasteiger partial charge in [-0.2, -0.15) is 0 Å². The molecule has 0 unspecified atom stereocenters. The molecule has 0 aliphatic heterocycles. The number of ether oxygens (including phenoxy) is 1. The van der Waals surface area contributed by atoms with Crippen LogP contribution in [0, 0.1) is 0 Å². The molecular formula is C23H21BrN4O3S. The normalized spacial score (nSPS) is 10.8. The summed E-state index contributed by atoms with van der Waals surface area (Å²) in [6, 6.07) is 14.9. The molecule has 2 aromatic carbocycles. The Hall–Kier alpha value is -3.17. The summed E-state index contributed by atoms with van der Waals surface area (Å²) < 4.78 is 8.17. The number of amides is 2. The van der Waals surface area contributed by atoms with Crippen molar-refractivity contribution in [2.75, 3.05) is 20.7 Å². The first-order chi connectivity index (χ1) is 15.5. The molecule has 0 spiro atoms. The molecule has 0 aliphatic carbocycles. The second-order valence-corrected chi connectivity index (χ2v) is 8.91. The Kier molecular flexibility index (Phi) is 6.57. The van der Waals surface area contributed by atoms with Crippen LogP contribution in [0.15, 0.2) is 64.6 Å². The standard InChI is InChI=1S/C23H21BrN4O3S/c1-27(22(30)16-5-9-19(31-2)10-6-16)13-21(29)25-11-18-12-26-23-28(18)20(14-32-23)15-3-7-17(24)8-4-15/h3-10,12,14H,11,13H2,1-2H3,(H,25,29). The monoisotopic (exact) mass is 512 g/mol. The van der Waals surface area contributed by atoms with Crippen molar-refractivity contribution in [3.63, 3.8) is 0 Å². The zero-order valence-corrected chi connectivity index (χ0v) is 19.9. The van der Waals surface area contributed by atoms with E-state index in [1.807, 2.05) is 28.7 Å². The van der Waals surface area contributed by atoms with Gasteiger partial charge in [0, 0.05) is 22.5 Å². The molecule has 0 fully saturated rings. The number of likely N-dealkylation sites (N-methyl/N-ethyl adjacent to an activating group) is 1. The van der Waals surface area contributed by atoms with Crippen molar-refractivity contribution in [3.8, 4) is 17.0 Å². The average Bonchev–Trinajstić information content (AvgIpc) is 3.40. The van der Waals surface area contributed by atoms with E-state index in [-0.39, 0.29) is 18.4 Å². The van der Waals surface area contributed by atoms with Crippen molar-refractivity contribution >= 4 is 44.0 Å². The van der Waals surface area contributed by atoms with Gasteiger partial charge in [0.1, 0.15) is 5.75 Å². The fourth-order valence-corrected chi connectivity index (χ4v) is 4.46. The highest BCUT2D eigenvalue weighted by Gasteiger charge is 2.16. The van der Waals surface area contributed by atoms with Gasteiger partial charge < -0.3 is 15.0 Å². The van der Waals surface area contributed by atoms with Gasteiger partial charge in [-0.25, -0.2) is 4.98 Å². The number of aromatic nitrogens is 2. The van der Waals surface area contributed by atoms with Crippen LogP contribution < -0.4 is 10.1 Å². The van der Waals surface area contributed by atoms with Gasteiger partial charge in [-0.3, -0.25) is 14.0 Å². The second kappa shape index (κ2) is 9.54. The third-order valence-electron chi connectivity index (χ3n) is 4.99. The van der Waals surface area contributed by atoms with Crippen molar-refractivity contribution < 1.29 is 14.3 Å². The second-order valence-electron chi connectivity index (χ2n) is 7.16. The van der Waals surface area contributed by atoms with E-state index in [4.69, 9.17) is 4.74 Å². The fraction of sp³-hybridized carbons (Fsp3) is 0.174. The van der Waals surface area contributed by atoms with Crippen molar-refractivity contribution in [1.29, 1.82) is 0 Å². The molecule has 0 saturated carbocycles. The molecule has 0 atom stereocenters. The summed E-state index contributed by atoms with van der Waals surface area (Å²) in [6.07, 6.45) is 1.76. The van der Waals surface area contributed by atoms with Crippen LogP contribution in [0.2, 0.25) is 0 Å². The van der Waals surface area contributed by atoms with E-state index < -0.39 is 0 Å². The maximum Gasteiger partial charge on any atom is 0.254 e. The lowest BCUT2D eigenvalue weighted by Gasteiger charge is -2.17. The molecule has 0 bridgehead atoms. The smallest absolute Gasteiger partial charge is 0.254 e. The van der Waals surface area contributed by atoms with Crippen LogP contribution in [0.25, 0.3) is 16.2 Å². The van der Waals surface area contributed by atoms with Crippen LogP contribution in [0.4, 0.5) is 0 Å². The van der Waals surface area contributed by atoms with Crippen LogP contribution in [0.5, 0.6) is 5.75 Å². The van der Waals surface area contributed by atoms with E-state index in [2.05, 4.69) is 31.6 Å². The highest BCUT2D eigenvalue weighted by molar-refractivity contribution is 9.10. The number of thiazole rings is 1.